The first-order valence-electron chi connectivity index (χ1n) is 6.11. The van der Waals surface area contributed by atoms with Crippen LogP contribution in [-0.2, 0) is 6.42 Å². The molecule has 1 aromatic carbocycles. The second-order valence-corrected chi connectivity index (χ2v) is 5.10. The summed E-state index contributed by atoms with van der Waals surface area (Å²) in [5.74, 6) is 0. The summed E-state index contributed by atoms with van der Waals surface area (Å²) >= 11 is 5.39. The number of benzene rings is 1. The molecule has 1 N–H and O–H groups in total. The third-order valence-corrected chi connectivity index (χ3v) is 3.97. The lowest BCUT2D eigenvalue weighted by molar-refractivity contribution is 0.478. The quantitative estimate of drug-likeness (QED) is 0.757. The first-order chi connectivity index (χ1) is 8.27. The Morgan fingerprint density at radius 1 is 1.35 bits per heavy atom. The predicted molar refractivity (Wildman–Crippen MR) is 71.9 cm³/mol. The van der Waals surface area contributed by atoms with E-state index in [1.165, 1.54) is 36.1 Å². The lowest BCUT2D eigenvalue weighted by Crippen LogP contribution is -2.18. The number of fused-ring (bicyclic) bond motifs is 1. The van der Waals surface area contributed by atoms with Crippen molar-refractivity contribution >= 4 is 12.2 Å². The average Bonchev–Trinajstić information content (AvgIpc) is 2.69. The van der Waals surface area contributed by atoms with Gasteiger partial charge in [0.05, 0.1) is 6.04 Å². The number of aromatic amines is 1. The van der Waals surface area contributed by atoms with Gasteiger partial charge in [0.2, 0.25) is 0 Å². The van der Waals surface area contributed by atoms with Gasteiger partial charge in [-0.3, -0.25) is 0 Å². The number of nitrogens with zero attached hydrogens (tertiary/aromatic N) is 1. The third kappa shape index (κ3) is 1.75. The van der Waals surface area contributed by atoms with Gasteiger partial charge in [0.25, 0.3) is 0 Å². The second kappa shape index (κ2) is 4.15. The minimum absolute atomic E-state index is 0.415. The van der Waals surface area contributed by atoms with E-state index in [2.05, 4.69) is 40.7 Å². The Bertz CT molecular complexity index is 594. The zero-order valence-electron chi connectivity index (χ0n) is 9.94. The summed E-state index contributed by atoms with van der Waals surface area (Å²) in [4.78, 5) is 3.14. The SMILES string of the molecule is Cc1c[nH]c(=S)n1C1CCCc2ccccc21. The summed E-state index contributed by atoms with van der Waals surface area (Å²) in [5, 5.41) is 0. The number of imidazole rings is 1. The molecule has 2 nitrogen and oxygen atoms in total. The molecule has 0 radical (unpaired) electrons. The minimum atomic E-state index is 0.415. The highest BCUT2D eigenvalue weighted by atomic mass is 32.1. The second-order valence-electron chi connectivity index (χ2n) is 4.71. The number of rotatable bonds is 1. The minimum Gasteiger partial charge on any atom is -0.337 e. The van der Waals surface area contributed by atoms with Gasteiger partial charge in [0.15, 0.2) is 4.77 Å². The molecular weight excluding hydrogens is 228 g/mol. The maximum absolute atomic E-state index is 5.39. The number of aromatic nitrogens is 2. The van der Waals surface area contributed by atoms with Crippen LogP contribution in [0.4, 0.5) is 0 Å². The molecule has 0 aliphatic heterocycles. The van der Waals surface area contributed by atoms with E-state index < -0.39 is 0 Å². The van der Waals surface area contributed by atoms with Gasteiger partial charge < -0.3 is 9.55 Å². The van der Waals surface area contributed by atoms with Crippen molar-refractivity contribution in [1.29, 1.82) is 0 Å². The first kappa shape index (κ1) is 10.8. The van der Waals surface area contributed by atoms with Gasteiger partial charge in [-0.05, 0) is 49.5 Å². The Kier molecular flexibility index (Phi) is 2.63. The Labute approximate surface area is 106 Å². The van der Waals surface area contributed by atoms with Crippen LogP contribution in [0.3, 0.4) is 0 Å². The van der Waals surface area contributed by atoms with E-state index >= 15 is 0 Å². The number of hydrogen-bond acceptors (Lipinski definition) is 1. The number of nitrogens with one attached hydrogen (secondary N) is 1. The predicted octanol–water partition coefficient (Wildman–Crippen LogP) is 3.78. The highest BCUT2D eigenvalue weighted by Gasteiger charge is 2.22. The fourth-order valence-corrected chi connectivity index (χ4v) is 3.18. The zero-order chi connectivity index (χ0) is 11.8. The molecule has 1 aliphatic carbocycles. The van der Waals surface area contributed by atoms with Crippen molar-refractivity contribution in [3.63, 3.8) is 0 Å². The van der Waals surface area contributed by atoms with Crippen LogP contribution < -0.4 is 0 Å². The molecule has 2 aromatic rings. The average molecular weight is 244 g/mol. The van der Waals surface area contributed by atoms with Gasteiger partial charge in [-0.2, -0.15) is 0 Å². The monoisotopic (exact) mass is 244 g/mol. The molecule has 0 spiro atoms. The van der Waals surface area contributed by atoms with E-state index in [0.717, 1.165) is 4.77 Å². The number of aryl methyl sites for hydroxylation is 2. The van der Waals surface area contributed by atoms with Crippen LogP contribution in [0.15, 0.2) is 30.5 Å². The van der Waals surface area contributed by atoms with Crippen LogP contribution in [0.2, 0.25) is 0 Å². The fraction of sp³-hybridized carbons (Fsp3) is 0.357. The molecule has 0 saturated carbocycles. The highest BCUT2D eigenvalue weighted by molar-refractivity contribution is 7.71. The van der Waals surface area contributed by atoms with Crippen molar-refractivity contribution in [3.05, 3.63) is 52.1 Å². The van der Waals surface area contributed by atoms with Crippen LogP contribution in [0, 0.1) is 11.7 Å². The van der Waals surface area contributed by atoms with Crippen LogP contribution in [0.5, 0.6) is 0 Å². The summed E-state index contributed by atoms with van der Waals surface area (Å²) in [6.07, 6.45) is 5.63. The van der Waals surface area contributed by atoms with Gasteiger partial charge >= 0.3 is 0 Å². The molecule has 0 fully saturated rings. The van der Waals surface area contributed by atoms with E-state index in [0.29, 0.717) is 6.04 Å². The molecule has 17 heavy (non-hydrogen) atoms. The van der Waals surface area contributed by atoms with Gasteiger partial charge in [-0.15, -0.1) is 0 Å². The van der Waals surface area contributed by atoms with E-state index in [4.69, 9.17) is 12.2 Å². The van der Waals surface area contributed by atoms with E-state index in [9.17, 15) is 0 Å². The molecule has 1 heterocycles. The van der Waals surface area contributed by atoms with Gasteiger partial charge in [0, 0.05) is 11.9 Å². The maximum Gasteiger partial charge on any atom is 0.177 e. The van der Waals surface area contributed by atoms with E-state index in [-0.39, 0.29) is 0 Å². The molecule has 0 amide bonds. The first-order valence-corrected chi connectivity index (χ1v) is 6.52. The van der Waals surface area contributed by atoms with Gasteiger partial charge in [-0.1, -0.05) is 24.3 Å². The largest absolute Gasteiger partial charge is 0.337 e. The highest BCUT2D eigenvalue weighted by Crippen LogP contribution is 2.33. The molecule has 1 atom stereocenters. The zero-order valence-corrected chi connectivity index (χ0v) is 10.8. The fourth-order valence-electron chi connectivity index (χ4n) is 2.85. The molecule has 1 aliphatic rings. The third-order valence-electron chi connectivity index (χ3n) is 3.65. The maximum atomic E-state index is 5.39. The Morgan fingerprint density at radius 3 is 2.94 bits per heavy atom. The van der Waals surface area contributed by atoms with E-state index in [1.807, 2.05) is 6.20 Å². The van der Waals surface area contributed by atoms with Crippen molar-refractivity contribution in [1.82, 2.24) is 9.55 Å². The van der Waals surface area contributed by atoms with Crippen molar-refractivity contribution in [2.75, 3.05) is 0 Å². The van der Waals surface area contributed by atoms with Crippen LogP contribution in [0.25, 0.3) is 0 Å². The standard InChI is InChI=1S/C14H16N2S/c1-10-9-15-14(17)16(10)13-8-4-6-11-5-2-3-7-12(11)13/h2-3,5,7,9,13H,4,6,8H2,1H3,(H,15,17). The van der Waals surface area contributed by atoms with Crippen LogP contribution in [0.1, 0.15) is 35.7 Å². The van der Waals surface area contributed by atoms with E-state index in [1.54, 1.807) is 0 Å². The Balaban J connectivity index is 2.15. The molecule has 1 aromatic heterocycles. The normalized spacial score (nSPS) is 19.0. The number of H-pyrrole nitrogens is 1. The summed E-state index contributed by atoms with van der Waals surface area (Å²) < 4.78 is 3.09. The topological polar surface area (TPSA) is 20.7 Å². The van der Waals surface area contributed by atoms with Crippen molar-refractivity contribution in [2.45, 2.75) is 32.2 Å². The van der Waals surface area contributed by atoms with Gasteiger partial charge in [0.1, 0.15) is 0 Å². The molecule has 0 saturated heterocycles. The Hall–Kier alpha value is -1.35. The molecule has 3 heteroatoms. The lowest BCUT2D eigenvalue weighted by Gasteiger charge is -2.27. The molecule has 88 valence electrons. The molecule has 0 bridgehead atoms. The van der Waals surface area contributed by atoms with Crippen molar-refractivity contribution in [3.8, 4) is 0 Å². The van der Waals surface area contributed by atoms with Crippen molar-refractivity contribution in [2.24, 2.45) is 0 Å². The molecular formula is C14H16N2S. The number of hydrogen-bond donors (Lipinski definition) is 1. The van der Waals surface area contributed by atoms with Crippen molar-refractivity contribution < 1.29 is 0 Å². The summed E-state index contributed by atoms with van der Waals surface area (Å²) in [6, 6.07) is 9.16. The smallest absolute Gasteiger partial charge is 0.177 e. The lowest BCUT2D eigenvalue weighted by atomic mass is 9.87. The summed E-state index contributed by atoms with van der Waals surface area (Å²) in [7, 11) is 0. The van der Waals surface area contributed by atoms with Gasteiger partial charge in [-0.25, -0.2) is 0 Å². The Morgan fingerprint density at radius 2 is 2.18 bits per heavy atom. The van der Waals surface area contributed by atoms with Crippen LogP contribution in [-0.4, -0.2) is 9.55 Å². The summed E-state index contributed by atoms with van der Waals surface area (Å²) in [6.45, 7) is 2.11. The van der Waals surface area contributed by atoms with Crippen LogP contribution >= 0.6 is 12.2 Å². The molecule has 1 unspecified atom stereocenters. The molecule has 3 rings (SSSR count). The summed E-state index contributed by atoms with van der Waals surface area (Å²) in [5.41, 5.74) is 4.14.